The molecule has 4 N–H and O–H groups in total. The first-order chi connectivity index (χ1) is 15.3. The van der Waals surface area contributed by atoms with Gasteiger partial charge in [0.25, 0.3) is 11.8 Å². The second-order valence-electron chi connectivity index (χ2n) is 8.78. The van der Waals surface area contributed by atoms with Crippen LogP contribution in [0.1, 0.15) is 52.4 Å². The Labute approximate surface area is 189 Å². The van der Waals surface area contributed by atoms with Crippen LogP contribution in [0.5, 0.6) is 0 Å². The zero-order chi connectivity index (χ0) is 23.2. The standard InChI is InChI=1S/C22H36N4O6/c1-17(7-15-27)5-13-25-11-3-9-21(31-25)19(29)24-22(20(30)23-21)10-4-12-26(32-22)14-6-18(2)8-16-28/h5-6,27-28H,3-4,7-16H2,1-2H3,(H,23,30)(H,24,29)/b17-5+,18-6+/t21-,22-/m0/s1. The van der Waals surface area contributed by atoms with Crippen LogP contribution in [-0.4, -0.2) is 83.0 Å². The molecule has 0 radical (unpaired) electrons. The second-order valence-corrected chi connectivity index (χ2v) is 8.78. The lowest BCUT2D eigenvalue weighted by Gasteiger charge is -2.50. The normalized spacial score (nSPS) is 30.6. The van der Waals surface area contributed by atoms with E-state index in [1.165, 1.54) is 0 Å². The molecule has 3 fully saturated rings. The summed E-state index contributed by atoms with van der Waals surface area (Å²) in [6, 6.07) is 0. The molecule has 3 aliphatic heterocycles. The second kappa shape index (κ2) is 10.9. The van der Waals surface area contributed by atoms with Crippen molar-refractivity contribution in [1.29, 1.82) is 0 Å². The number of nitrogens with zero attached hydrogens (tertiary/aromatic N) is 2. The van der Waals surface area contributed by atoms with E-state index in [4.69, 9.17) is 19.9 Å². The minimum absolute atomic E-state index is 0.0848. The van der Waals surface area contributed by atoms with E-state index in [0.717, 1.165) is 11.1 Å². The van der Waals surface area contributed by atoms with Crippen LogP contribution in [0.25, 0.3) is 0 Å². The SMILES string of the molecule is C/C(=C\CN1CCC[C@]2(NC(=O)[C@@]3(CCCN(C/C=C(\C)CCO)O3)NC2=O)O1)CCO. The fourth-order valence-corrected chi connectivity index (χ4v) is 4.12. The molecule has 3 aliphatic rings. The maximum atomic E-state index is 13.2. The number of piperazine rings is 1. The lowest BCUT2D eigenvalue weighted by Crippen LogP contribution is -2.79. The topological polar surface area (TPSA) is 124 Å². The summed E-state index contributed by atoms with van der Waals surface area (Å²) in [5, 5.41) is 27.1. The van der Waals surface area contributed by atoms with Crippen LogP contribution in [0.15, 0.2) is 23.3 Å². The molecule has 2 atom stereocenters. The lowest BCUT2D eigenvalue weighted by molar-refractivity contribution is -0.301. The van der Waals surface area contributed by atoms with Gasteiger partial charge in [-0.25, -0.2) is 0 Å². The summed E-state index contributed by atoms with van der Waals surface area (Å²) in [6.45, 7) is 6.24. The smallest absolute Gasteiger partial charge is 0.277 e. The van der Waals surface area contributed by atoms with Gasteiger partial charge in [-0.3, -0.25) is 19.3 Å². The number of aliphatic hydroxyl groups excluding tert-OH is 2. The summed E-state index contributed by atoms with van der Waals surface area (Å²) in [5.41, 5.74) is -0.818. The largest absolute Gasteiger partial charge is 0.396 e. The Morgan fingerprint density at radius 2 is 1.28 bits per heavy atom. The van der Waals surface area contributed by atoms with Crippen molar-refractivity contribution in [3.8, 4) is 0 Å². The number of nitrogens with one attached hydrogen (secondary N) is 2. The molecule has 2 amide bonds. The van der Waals surface area contributed by atoms with E-state index >= 15 is 0 Å². The van der Waals surface area contributed by atoms with Crippen molar-refractivity contribution in [2.45, 2.75) is 63.8 Å². The van der Waals surface area contributed by atoms with Crippen molar-refractivity contribution in [3.05, 3.63) is 23.3 Å². The number of hydrogen-bond acceptors (Lipinski definition) is 8. The van der Waals surface area contributed by atoms with Gasteiger partial charge in [0.1, 0.15) is 0 Å². The predicted molar refractivity (Wildman–Crippen MR) is 116 cm³/mol. The van der Waals surface area contributed by atoms with Crippen molar-refractivity contribution < 1.29 is 29.5 Å². The lowest BCUT2D eigenvalue weighted by atomic mass is 9.95. The highest BCUT2D eigenvalue weighted by Gasteiger charge is 2.58. The van der Waals surface area contributed by atoms with Gasteiger partial charge >= 0.3 is 0 Å². The van der Waals surface area contributed by atoms with Gasteiger partial charge in [0, 0.05) is 52.2 Å². The van der Waals surface area contributed by atoms with Crippen LogP contribution in [-0.2, 0) is 19.3 Å². The molecule has 2 spiro atoms. The minimum atomic E-state index is -1.44. The third-order valence-corrected chi connectivity index (χ3v) is 6.11. The maximum absolute atomic E-state index is 13.2. The summed E-state index contributed by atoms with van der Waals surface area (Å²) >= 11 is 0. The molecular weight excluding hydrogens is 416 g/mol. The summed E-state index contributed by atoms with van der Waals surface area (Å²) in [4.78, 5) is 38.3. The van der Waals surface area contributed by atoms with Crippen LogP contribution < -0.4 is 10.6 Å². The molecular formula is C22H36N4O6. The van der Waals surface area contributed by atoms with E-state index in [1.807, 2.05) is 26.0 Å². The summed E-state index contributed by atoms with van der Waals surface area (Å²) < 4.78 is 0. The molecule has 10 nitrogen and oxygen atoms in total. The predicted octanol–water partition coefficient (Wildman–Crippen LogP) is 0.337. The molecule has 3 heterocycles. The molecule has 3 rings (SSSR count). The van der Waals surface area contributed by atoms with Gasteiger partial charge in [-0.2, -0.15) is 10.1 Å². The van der Waals surface area contributed by atoms with Gasteiger partial charge in [0.15, 0.2) is 0 Å². The van der Waals surface area contributed by atoms with Crippen molar-refractivity contribution in [3.63, 3.8) is 0 Å². The van der Waals surface area contributed by atoms with E-state index in [-0.39, 0.29) is 13.2 Å². The number of hydroxylamine groups is 4. The van der Waals surface area contributed by atoms with Crippen molar-refractivity contribution in [2.24, 2.45) is 0 Å². The van der Waals surface area contributed by atoms with Gasteiger partial charge in [-0.05, 0) is 39.5 Å². The van der Waals surface area contributed by atoms with E-state index < -0.39 is 23.3 Å². The third kappa shape index (κ3) is 5.75. The van der Waals surface area contributed by atoms with E-state index in [2.05, 4.69) is 10.6 Å². The maximum Gasteiger partial charge on any atom is 0.277 e. The molecule has 32 heavy (non-hydrogen) atoms. The number of aliphatic hydroxyl groups is 2. The van der Waals surface area contributed by atoms with E-state index in [9.17, 15) is 9.59 Å². The molecule has 3 saturated heterocycles. The Morgan fingerprint density at radius 3 is 1.66 bits per heavy atom. The zero-order valence-electron chi connectivity index (χ0n) is 19.1. The number of rotatable bonds is 8. The van der Waals surface area contributed by atoms with Gasteiger partial charge in [-0.1, -0.05) is 23.3 Å². The molecule has 10 heteroatoms. The number of carbonyl (C=O) groups excluding carboxylic acids is 2. The molecule has 0 bridgehead atoms. The summed E-state index contributed by atoms with van der Waals surface area (Å²) in [5.74, 6) is -0.821. The van der Waals surface area contributed by atoms with Gasteiger partial charge in [0.05, 0.1) is 0 Å². The monoisotopic (exact) mass is 452 g/mol. The molecule has 0 aromatic heterocycles. The first kappa shape index (κ1) is 24.8. The van der Waals surface area contributed by atoms with Crippen LogP contribution in [0.3, 0.4) is 0 Å². The van der Waals surface area contributed by atoms with Gasteiger partial charge in [0.2, 0.25) is 11.4 Å². The average molecular weight is 453 g/mol. The number of hydrogen-bond donors (Lipinski definition) is 4. The first-order valence-corrected chi connectivity index (χ1v) is 11.4. The molecule has 0 aromatic rings. The van der Waals surface area contributed by atoms with Crippen LogP contribution in [0.2, 0.25) is 0 Å². The van der Waals surface area contributed by atoms with Crippen molar-refractivity contribution >= 4 is 11.8 Å². The average Bonchev–Trinajstić information content (AvgIpc) is 2.76. The van der Waals surface area contributed by atoms with Crippen molar-refractivity contribution in [1.82, 2.24) is 20.8 Å². The highest BCUT2D eigenvalue weighted by molar-refractivity contribution is 6.00. The molecule has 180 valence electrons. The molecule has 0 aromatic carbocycles. The van der Waals surface area contributed by atoms with Gasteiger partial charge < -0.3 is 20.8 Å². The quantitative estimate of drug-likeness (QED) is 0.389. The highest BCUT2D eigenvalue weighted by Crippen LogP contribution is 2.32. The summed E-state index contributed by atoms with van der Waals surface area (Å²) in [7, 11) is 0. The van der Waals surface area contributed by atoms with Crippen molar-refractivity contribution in [2.75, 3.05) is 39.4 Å². The minimum Gasteiger partial charge on any atom is -0.396 e. The third-order valence-electron chi connectivity index (χ3n) is 6.11. The molecule has 0 unspecified atom stereocenters. The molecule has 0 saturated carbocycles. The Morgan fingerprint density at radius 1 is 0.875 bits per heavy atom. The highest BCUT2D eigenvalue weighted by atomic mass is 16.7. The van der Waals surface area contributed by atoms with Crippen LogP contribution >= 0.6 is 0 Å². The Kier molecular flexibility index (Phi) is 8.43. The first-order valence-electron chi connectivity index (χ1n) is 11.4. The Hall–Kier alpha value is -1.82. The summed E-state index contributed by atoms with van der Waals surface area (Å²) in [6.07, 6.45) is 7.21. The Balaban J connectivity index is 1.65. The number of carbonyl (C=O) groups is 2. The fourth-order valence-electron chi connectivity index (χ4n) is 4.12. The zero-order valence-corrected chi connectivity index (χ0v) is 19.1. The van der Waals surface area contributed by atoms with Crippen LogP contribution in [0, 0.1) is 0 Å². The van der Waals surface area contributed by atoms with E-state index in [1.54, 1.807) is 10.1 Å². The number of amides is 2. The van der Waals surface area contributed by atoms with Gasteiger partial charge in [-0.15, -0.1) is 0 Å². The Bertz CT molecular complexity index is 695. The molecule has 0 aliphatic carbocycles. The van der Waals surface area contributed by atoms with Crippen LogP contribution in [0.4, 0.5) is 0 Å². The van der Waals surface area contributed by atoms with E-state index in [0.29, 0.717) is 64.7 Å². The fraction of sp³-hybridized carbons (Fsp3) is 0.727.